The van der Waals surface area contributed by atoms with E-state index in [-0.39, 0.29) is 0 Å². The zero-order valence-electron chi connectivity index (χ0n) is 16.5. The van der Waals surface area contributed by atoms with Crippen molar-refractivity contribution >= 4 is 39.9 Å². The molecule has 0 fully saturated rings. The SMILES string of the molecule is N=C(Cc1cccc(CCc2cccc(N=C(N)c3cccs3)c2)c1)c1cccs1. The fourth-order valence-electron chi connectivity index (χ4n) is 3.33. The second kappa shape index (κ2) is 9.65. The van der Waals surface area contributed by atoms with Crippen LogP contribution in [0, 0.1) is 5.41 Å². The largest absolute Gasteiger partial charge is 0.383 e. The normalized spacial score (nSPS) is 11.5. The van der Waals surface area contributed by atoms with Gasteiger partial charge in [0.25, 0.3) is 0 Å². The minimum Gasteiger partial charge on any atom is -0.383 e. The number of thiophene rings is 2. The monoisotopic (exact) mass is 429 g/mol. The smallest absolute Gasteiger partial charge is 0.141 e. The number of nitrogens with zero attached hydrogens (tertiary/aromatic N) is 1. The number of hydrogen-bond acceptors (Lipinski definition) is 4. The summed E-state index contributed by atoms with van der Waals surface area (Å²) in [6, 6.07) is 24.8. The standard InChI is InChI=1S/C25H23N3S2/c26-22(23-9-3-13-29-23)17-20-7-1-5-18(15-20)11-12-19-6-2-8-21(16-19)28-25(27)24-10-4-14-30-24/h1-10,13-16,26H,11-12,17H2,(H2,27,28). The number of aliphatic imine (C=N–C) groups is 1. The summed E-state index contributed by atoms with van der Waals surface area (Å²) in [7, 11) is 0. The third-order valence-electron chi connectivity index (χ3n) is 4.83. The molecule has 0 amide bonds. The summed E-state index contributed by atoms with van der Waals surface area (Å²) < 4.78 is 0. The molecule has 0 aliphatic carbocycles. The maximum atomic E-state index is 8.31. The van der Waals surface area contributed by atoms with E-state index < -0.39 is 0 Å². The van der Waals surface area contributed by atoms with Gasteiger partial charge in [-0.1, -0.05) is 48.5 Å². The molecule has 150 valence electrons. The van der Waals surface area contributed by atoms with Crippen molar-refractivity contribution in [3.05, 3.63) is 110 Å². The van der Waals surface area contributed by atoms with E-state index in [2.05, 4.69) is 41.4 Å². The zero-order valence-corrected chi connectivity index (χ0v) is 18.2. The zero-order chi connectivity index (χ0) is 20.8. The fraction of sp³-hybridized carbons (Fsp3) is 0.120. The van der Waals surface area contributed by atoms with E-state index in [0.29, 0.717) is 18.0 Å². The highest BCUT2D eigenvalue weighted by Gasteiger charge is 2.06. The van der Waals surface area contributed by atoms with Gasteiger partial charge in [0.15, 0.2) is 0 Å². The van der Waals surface area contributed by atoms with Gasteiger partial charge in [0.2, 0.25) is 0 Å². The maximum Gasteiger partial charge on any atom is 0.141 e. The van der Waals surface area contributed by atoms with Crippen molar-refractivity contribution in [2.45, 2.75) is 19.3 Å². The Morgan fingerprint density at radius 1 is 0.767 bits per heavy atom. The number of rotatable bonds is 8. The van der Waals surface area contributed by atoms with Gasteiger partial charge in [-0.2, -0.15) is 0 Å². The Hall–Kier alpha value is -3.02. The molecular formula is C25H23N3S2. The molecule has 5 heteroatoms. The lowest BCUT2D eigenvalue weighted by Crippen LogP contribution is -2.10. The van der Waals surface area contributed by atoms with Crippen molar-refractivity contribution in [3.8, 4) is 0 Å². The van der Waals surface area contributed by atoms with E-state index >= 15 is 0 Å². The first-order valence-corrected chi connectivity index (χ1v) is 11.6. The second-order valence-electron chi connectivity index (χ2n) is 7.10. The third-order valence-corrected chi connectivity index (χ3v) is 6.65. The predicted molar refractivity (Wildman–Crippen MR) is 130 cm³/mol. The molecular weight excluding hydrogens is 406 g/mol. The van der Waals surface area contributed by atoms with E-state index in [4.69, 9.17) is 11.1 Å². The van der Waals surface area contributed by atoms with Gasteiger partial charge in [-0.15, -0.1) is 22.7 Å². The average molecular weight is 430 g/mol. The first-order valence-electron chi connectivity index (χ1n) is 9.83. The van der Waals surface area contributed by atoms with Gasteiger partial charge in [0, 0.05) is 11.3 Å². The van der Waals surface area contributed by atoms with Crippen LogP contribution in [0.3, 0.4) is 0 Å². The number of aryl methyl sites for hydroxylation is 2. The number of nitrogens with two attached hydrogens (primary N) is 1. The van der Waals surface area contributed by atoms with Crippen LogP contribution in [0.15, 0.2) is 88.5 Å². The lowest BCUT2D eigenvalue weighted by atomic mass is 10.00. The van der Waals surface area contributed by atoms with Crippen LogP contribution in [0.25, 0.3) is 0 Å². The Kier molecular flexibility index (Phi) is 6.52. The summed E-state index contributed by atoms with van der Waals surface area (Å²) in [4.78, 5) is 6.60. The summed E-state index contributed by atoms with van der Waals surface area (Å²) in [5.41, 5.74) is 11.4. The molecule has 0 saturated heterocycles. The first-order chi connectivity index (χ1) is 14.7. The molecule has 3 nitrogen and oxygen atoms in total. The van der Waals surface area contributed by atoms with Crippen molar-refractivity contribution in [1.29, 1.82) is 5.41 Å². The van der Waals surface area contributed by atoms with E-state index in [1.807, 2.05) is 47.2 Å². The van der Waals surface area contributed by atoms with Gasteiger partial charge in [0.05, 0.1) is 16.3 Å². The van der Waals surface area contributed by atoms with Crippen LogP contribution in [-0.4, -0.2) is 11.5 Å². The molecule has 2 aromatic carbocycles. The molecule has 0 aliphatic heterocycles. The van der Waals surface area contributed by atoms with Gasteiger partial charge < -0.3 is 11.1 Å². The molecule has 0 saturated carbocycles. The molecule has 2 heterocycles. The Bertz CT molecular complexity index is 1140. The summed E-state index contributed by atoms with van der Waals surface area (Å²) in [6.07, 6.45) is 2.56. The van der Waals surface area contributed by atoms with Gasteiger partial charge in [-0.05, 0) is 64.6 Å². The van der Waals surface area contributed by atoms with Crippen molar-refractivity contribution in [2.24, 2.45) is 10.7 Å². The highest BCUT2D eigenvalue weighted by molar-refractivity contribution is 7.12. The summed E-state index contributed by atoms with van der Waals surface area (Å²) in [6.45, 7) is 0. The molecule has 0 aliphatic rings. The summed E-state index contributed by atoms with van der Waals surface area (Å²) >= 11 is 3.22. The Morgan fingerprint density at radius 3 is 2.10 bits per heavy atom. The van der Waals surface area contributed by atoms with Crippen LogP contribution < -0.4 is 5.73 Å². The van der Waals surface area contributed by atoms with Crippen molar-refractivity contribution in [1.82, 2.24) is 0 Å². The third kappa shape index (κ3) is 5.32. The Morgan fingerprint density at radius 2 is 1.40 bits per heavy atom. The van der Waals surface area contributed by atoms with Crippen LogP contribution in [0.4, 0.5) is 5.69 Å². The van der Waals surface area contributed by atoms with E-state index in [0.717, 1.165) is 28.3 Å². The highest BCUT2D eigenvalue weighted by atomic mass is 32.1. The van der Waals surface area contributed by atoms with Gasteiger partial charge in [0.1, 0.15) is 5.84 Å². The van der Waals surface area contributed by atoms with Gasteiger partial charge in [-0.25, -0.2) is 4.99 Å². The Balaban J connectivity index is 1.40. The highest BCUT2D eigenvalue weighted by Crippen LogP contribution is 2.19. The molecule has 0 radical (unpaired) electrons. The molecule has 4 aromatic rings. The maximum absolute atomic E-state index is 8.31. The number of benzene rings is 2. The summed E-state index contributed by atoms with van der Waals surface area (Å²) in [5, 5.41) is 12.3. The molecule has 0 spiro atoms. The molecule has 2 aromatic heterocycles. The lowest BCUT2D eigenvalue weighted by Gasteiger charge is -2.07. The lowest BCUT2D eigenvalue weighted by molar-refractivity contribution is 0.957. The van der Waals surface area contributed by atoms with Crippen molar-refractivity contribution < 1.29 is 0 Å². The van der Waals surface area contributed by atoms with Crippen LogP contribution in [0.1, 0.15) is 26.4 Å². The van der Waals surface area contributed by atoms with E-state index in [9.17, 15) is 0 Å². The minimum atomic E-state index is 0.558. The molecule has 0 unspecified atom stereocenters. The first kappa shape index (κ1) is 20.3. The van der Waals surface area contributed by atoms with Crippen LogP contribution in [0.2, 0.25) is 0 Å². The number of nitrogens with one attached hydrogen (secondary N) is 1. The predicted octanol–water partition coefficient (Wildman–Crippen LogP) is 6.24. The van der Waals surface area contributed by atoms with Crippen molar-refractivity contribution in [2.75, 3.05) is 0 Å². The average Bonchev–Trinajstić information content (AvgIpc) is 3.47. The molecule has 0 atom stereocenters. The van der Waals surface area contributed by atoms with Crippen molar-refractivity contribution in [3.63, 3.8) is 0 Å². The minimum absolute atomic E-state index is 0.558. The number of hydrogen-bond donors (Lipinski definition) is 2. The topological polar surface area (TPSA) is 62.2 Å². The molecule has 4 rings (SSSR count). The quantitative estimate of drug-likeness (QED) is 0.253. The van der Waals surface area contributed by atoms with Crippen LogP contribution in [0.5, 0.6) is 0 Å². The van der Waals surface area contributed by atoms with Gasteiger partial charge in [-0.3, -0.25) is 0 Å². The fourth-order valence-corrected chi connectivity index (χ4v) is 4.63. The van der Waals surface area contributed by atoms with E-state index in [1.54, 1.807) is 22.7 Å². The number of amidine groups is 1. The Labute approximate surface area is 185 Å². The molecule has 0 bridgehead atoms. The van der Waals surface area contributed by atoms with E-state index in [1.165, 1.54) is 16.7 Å². The van der Waals surface area contributed by atoms with Crippen LogP contribution >= 0.6 is 22.7 Å². The van der Waals surface area contributed by atoms with Crippen LogP contribution in [-0.2, 0) is 19.3 Å². The van der Waals surface area contributed by atoms with Gasteiger partial charge >= 0.3 is 0 Å². The molecule has 30 heavy (non-hydrogen) atoms. The molecule has 3 N–H and O–H groups in total. The summed E-state index contributed by atoms with van der Waals surface area (Å²) in [5.74, 6) is 0.558. The second-order valence-corrected chi connectivity index (χ2v) is 8.99.